The van der Waals surface area contributed by atoms with Gasteiger partial charge in [0.1, 0.15) is 34.6 Å². The van der Waals surface area contributed by atoms with Gasteiger partial charge in [0, 0.05) is 17.7 Å². The maximum Gasteiger partial charge on any atom is 0.424 e. The first-order chi connectivity index (χ1) is 22.1. The van der Waals surface area contributed by atoms with Crippen LogP contribution in [0.4, 0.5) is 18.0 Å². The third kappa shape index (κ3) is 7.63. The minimum Gasteiger partial charge on any atom is -0.457 e. The summed E-state index contributed by atoms with van der Waals surface area (Å²) in [6.07, 6.45) is 0.116. The Morgan fingerprint density at radius 1 is 0.894 bits per heavy atom. The zero-order chi connectivity index (χ0) is 34.1. The summed E-state index contributed by atoms with van der Waals surface area (Å²) < 4.78 is 82.3. The molecule has 13 heteroatoms. The molecule has 47 heavy (non-hydrogen) atoms. The van der Waals surface area contributed by atoms with Crippen molar-refractivity contribution in [3.05, 3.63) is 130 Å². The number of fused-ring (bicyclic) bond motifs is 1. The zero-order valence-corrected chi connectivity index (χ0v) is 26.6. The number of carbonyl (C=O) groups excluding carboxylic acids is 1. The molecule has 0 saturated heterocycles. The van der Waals surface area contributed by atoms with Crippen LogP contribution in [0.1, 0.15) is 37.5 Å². The van der Waals surface area contributed by atoms with E-state index in [9.17, 15) is 31.2 Å². The van der Waals surface area contributed by atoms with Crippen molar-refractivity contribution in [2.24, 2.45) is 0 Å². The molecule has 0 radical (unpaired) electrons. The van der Waals surface area contributed by atoms with Crippen molar-refractivity contribution in [2.75, 3.05) is 0 Å². The number of aryl methyl sites for hydroxylation is 1. The Labute approximate surface area is 268 Å². The molecule has 1 aromatic heterocycles. The van der Waals surface area contributed by atoms with Crippen molar-refractivity contribution >= 4 is 27.0 Å². The number of ether oxygens (including phenoxy) is 2. The molecule has 244 valence electrons. The first kappa shape index (κ1) is 33.2. The molecule has 5 rings (SSSR count). The van der Waals surface area contributed by atoms with E-state index in [1.807, 2.05) is 6.92 Å². The molecule has 1 amide bonds. The van der Waals surface area contributed by atoms with Gasteiger partial charge in [0.05, 0.1) is 35.2 Å². The first-order valence-corrected chi connectivity index (χ1v) is 15.8. The quantitative estimate of drug-likeness (QED) is 0.174. The summed E-state index contributed by atoms with van der Waals surface area (Å²) in [4.78, 5) is 29.4. The maximum atomic E-state index is 14.3. The number of carbonyl (C=O) groups is 1. The van der Waals surface area contributed by atoms with Gasteiger partial charge in [-0.25, -0.2) is 26.4 Å². The van der Waals surface area contributed by atoms with Gasteiger partial charge in [-0.15, -0.1) is 0 Å². The minimum atomic E-state index is -4.27. The highest BCUT2D eigenvalue weighted by atomic mass is 32.2. The van der Waals surface area contributed by atoms with Crippen LogP contribution in [-0.4, -0.2) is 34.0 Å². The van der Waals surface area contributed by atoms with E-state index in [-0.39, 0.29) is 29.1 Å². The molecule has 0 atom stereocenters. The molecule has 0 aliphatic carbocycles. The van der Waals surface area contributed by atoms with E-state index >= 15 is 0 Å². The first-order valence-electron chi connectivity index (χ1n) is 14.3. The number of amides is 1. The van der Waals surface area contributed by atoms with Gasteiger partial charge in [0.2, 0.25) is 0 Å². The number of halogens is 3. The molecule has 0 aliphatic heterocycles. The summed E-state index contributed by atoms with van der Waals surface area (Å²) in [5.74, 6) is -2.61. The lowest BCUT2D eigenvalue weighted by Crippen LogP contribution is -2.40. The fourth-order valence-electron chi connectivity index (χ4n) is 4.64. The Bertz CT molecular complexity index is 2110. The third-order valence-electron chi connectivity index (χ3n) is 6.95. The molecule has 0 N–H and O–H groups in total. The predicted molar refractivity (Wildman–Crippen MR) is 168 cm³/mol. The smallest absolute Gasteiger partial charge is 0.424 e. The lowest BCUT2D eigenvalue weighted by atomic mass is 10.1. The van der Waals surface area contributed by atoms with Crippen LogP contribution in [0.5, 0.6) is 11.5 Å². The van der Waals surface area contributed by atoms with Gasteiger partial charge in [-0.2, -0.15) is 9.29 Å². The lowest BCUT2D eigenvalue weighted by Gasteiger charge is -2.27. The van der Waals surface area contributed by atoms with E-state index in [0.717, 1.165) is 11.9 Å². The van der Waals surface area contributed by atoms with Gasteiger partial charge in [0.25, 0.3) is 15.6 Å². The molecule has 0 spiro atoms. The monoisotopic (exact) mass is 665 g/mol. The molecule has 0 bridgehead atoms. The van der Waals surface area contributed by atoms with Gasteiger partial charge in [-0.3, -0.25) is 4.79 Å². The summed E-state index contributed by atoms with van der Waals surface area (Å²) in [6, 6.07) is 18.0. The Kier molecular flexibility index (Phi) is 9.12. The van der Waals surface area contributed by atoms with Crippen molar-refractivity contribution < 1.29 is 35.9 Å². The molecule has 9 nitrogen and oxygen atoms in total. The predicted octanol–water partition coefficient (Wildman–Crippen LogP) is 7.09. The van der Waals surface area contributed by atoms with Crippen LogP contribution in [0.3, 0.4) is 0 Å². The topological polar surface area (TPSA) is 108 Å². The minimum absolute atomic E-state index is 0.0632. The van der Waals surface area contributed by atoms with E-state index in [4.69, 9.17) is 9.47 Å². The molecular formula is C34H30F3N3O6S. The Balaban J connectivity index is 1.38. The number of hydrogen-bond donors (Lipinski definition) is 0. The van der Waals surface area contributed by atoms with Crippen molar-refractivity contribution in [2.45, 2.75) is 51.3 Å². The Hall–Kier alpha value is -5.17. The van der Waals surface area contributed by atoms with E-state index in [0.29, 0.717) is 33.3 Å². The summed E-state index contributed by atoms with van der Waals surface area (Å²) in [7, 11) is -4.27. The number of aromatic nitrogens is 2. The van der Waals surface area contributed by atoms with E-state index in [1.54, 1.807) is 63.2 Å². The highest BCUT2D eigenvalue weighted by Crippen LogP contribution is 2.27. The number of rotatable bonds is 8. The van der Waals surface area contributed by atoms with E-state index in [2.05, 4.69) is 4.98 Å². The molecule has 0 unspecified atom stereocenters. The van der Waals surface area contributed by atoms with E-state index in [1.165, 1.54) is 28.8 Å². The number of hydrogen-bond acceptors (Lipinski definition) is 7. The second-order valence-electron chi connectivity index (χ2n) is 11.8. The van der Waals surface area contributed by atoms with Crippen LogP contribution in [-0.2, 0) is 27.8 Å². The van der Waals surface area contributed by atoms with Crippen LogP contribution >= 0.6 is 0 Å². The standard InChI is InChI=1S/C34H30F3N3O6S/c1-21-5-12-26(13-6-21)47(43,44)40(33(42)46-34(2,3)4)18-22-7-9-24(10-8-22)45-25-11-14-31-27(17-25)32(41)38-20-39(31)19-28-29(36)15-23(35)16-30(28)37/h5-17,20H,18-19H2,1-4H3. The van der Waals surface area contributed by atoms with Crippen molar-refractivity contribution in [3.8, 4) is 11.5 Å². The fourth-order valence-corrected chi connectivity index (χ4v) is 5.92. The molecule has 0 saturated carbocycles. The van der Waals surface area contributed by atoms with Gasteiger partial charge in [0.15, 0.2) is 0 Å². The number of sulfonamides is 1. The van der Waals surface area contributed by atoms with E-state index < -0.39 is 50.3 Å². The zero-order valence-electron chi connectivity index (χ0n) is 25.8. The average Bonchev–Trinajstić information content (AvgIpc) is 2.99. The van der Waals surface area contributed by atoms with Crippen molar-refractivity contribution in [3.63, 3.8) is 0 Å². The lowest BCUT2D eigenvalue weighted by molar-refractivity contribution is 0.0381. The summed E-state index contributed by atoms with van der Waals surface area (Å²) in [6.45, 7) is 6.06. The Morgan fingerprint density at radius 2 is 1.51 bits per heavy atom. The molecule has 5 aromatic rings. The fraction of sp³-hybridized carbons (Fsp3) is 0.206. The maximum absolute atomic E-state index is 14.3. The molecular weight excluding hydrogens is 635 g/mol. The number of benzene rings is 4. The third-order valence-corrected chi connectivity index (χ3v) is 8.67. The second-order valence-corrected chi connectivity index (χ2v) is 13.6. The van der Waals surface area contributed by atoms with Crippen LogP contribution < -0.4 is 10.3 Å². The largest absolute Gasteiger partial charge is 0.457 e. The summed E-state index contributed by atoms with van der Waals surface area (Å²) in [5, 5.41) is 0.110. The molecule has 1 heterocycles. The van der Waals surface area contributed by atoms with Crippen LogP contribution in [0.15, 0.2) is 94.9 Å². The summed E-state index contributed by atoms with van der Waals surface area (Å²) in [5.41, 5.74) is -0.309. The normalized spacial score (nSPS) is 11.8. The highest BCUT2D eigenvalue weighted by molar-refractivity contribution is 7.89. The summed E-state index contributed by atoms with van der Waals surface area (Å²) >= 11 is 0. The SMILES string of the molecule is Cc1ccc(S(=O)(=O)N(Cc2ccc(Oc3ccc4c(c3)c(=O)ncn4Cc3c(F)cc(F)cc3F)cc2)C(=O)OC(C)(C)C)cc1. The van der Waals surface area contributed by atoms with Crippen molar-refractivity contribution in [1.82, 2.24) is 13.9 Å². The number of nitrogens with zero attached hydrogens (tertiary/aromatic N) is 3. The van der Waals surface area contributed by atoms with Crippen LogP contribution in [0.25, 0.3) is 10.9 Å². The van der Waals surface area contributed by atoms with Crippen LogP contribution in [0, 0.1) is 24.4 Å². The van der Waals surface area contributed by atoms with Gasteiger partial charge in [-0.1, -0.05) is 29.8 Å². The highest BCUT2D eigenvalue weighted by Gasteiger charge is 2.33. The molecule has 0 aliphatic rings. The van der Waals surface area contributed by atoms with Crippen LogP contribution in [0.2, 0.25) is 0 Å². The van der Waals surface area contributed by atoms with Gasteiger partial charge < -0.3 is 14.0 Å². The molecule has 4 aromatic carbocycles. The second kappa shape index (κ2) is 12.9. The van der Waals surface area contributed by atoms with Gasteiger partial charge >= 0.3 is 6.09 Å². The Morgan fingerprint density at radius 3 is 2.13 bits per heavy atom. The van der Waals surface area contributed by atoms with Crippen molar-refractivity contribution in [1.29, 1.82) is 0 Å². The van der Waals surface area contributed by atoms with Gasteiger partial charge in [-0.05, 0) is 75.7 Å². The average molecular weight is 666 g/mol. The molecule has 0 fully saturated rings.